The minimum atomic E-state index is 0.566. The van der Waals surface area contributed by atoms with Crippen LogP contribution in [-0.4, -0.2) is 23.3 Å². The lowest BCUT2D eigenvalue weighted by molar-refractivity contribution is 0.292. The van der Waals surface area contributed by atoms with Gasteiger partial charge in [-0.15, -0.1) is 10.2 Å². The molecule has 1 N–H and O–H groups in total. The molecule has 4 nitrogen and oxygen atoms in total. The van der Waals surface area contributed by atoms with E-state index in [4.69, 9.17) is 4.42 Å². The quantitative estimate of drug-likeness (QED) is 0.781. The van der Waals surface area contributed by atoms with Crippen molar-refractivity contribution in [2.75, 3.05) is 13.1 Å². The molecular formula is C10H15N3O. The molecule has 2 heterocycles. The molecule has 0 aromatic carbocycles. The van der Waals surface area contributed by atoms with Gasteiger partial charge in [0.2, 0.25) is 11.8 Å². The lowest BCUT2D eigenvalue weighted by Crippen LogP contribution is -2.43. The number of nitrogens with one attached hydrogen (secondary N) is 1. The number of hydrogen-bond acceptors (Lipinski definition) is 4. The zero-order chi connectivity index (χ0) is 9.38. The van der Waals surface area contributed by atoms with E-state index in [0.29, 0.717) is 11.8 Å². The second kappa shape index (κ2) is 3.35. The van der Waals surface area contributed by atoms with Crippen molar-refractivity contribution in [3.8, 4) is 0 Å². The van der Waals surface area contributed by atoms with E-state index in [9.17, 15) is 0 Å². The Balaban J connectivity index is 1.63. The third-order valence-corrected chi connectivity index (χ3v) is 3.27. The standard InChI is InChI=1S/C10H15N3O/c1-2-8(3-1)10-13-12-9(14-10)4-7-5-11-6-7/h7-8,11H,1-6H2. The van der Waals surface area contributed by atoms with Crippen molar-refractivity contribution in [1.29, 1.82) is 0 Å². The van der Waals surface area contributed by atoms with Crippen LogP contribution in [0.5, 0.6) is 0 Å². The van der Waals surface area contributed by atoms with Gasteiger partial charge in [0.1, 0.15) is 0 Å². The highest BCUT2D eigenvalue weighted by Crippen LogP contribution is 2.35. The van der Waals surface area contributed by atoms with Gasteiger partial charge >= 0.3 is 0 Å². The van der Waals surface area contributed by atoms with E-state index < -0.39 is 0 Å². The molecule has 1 aliphatic carbocycles. The van der Waals surface area contributed by atoms with Gasteiger partial charge in [-0.3, -0.25) is 0 Å². The van der Waals surface area contributed by atoms with Gasteiger partial charge in [0, 0.05) is 12.3 Å². The van der Waals surface area contributed by atoms with Crippen molar-refractivity contribution < 1.29 is 4.42 Å². The number of nitrogens with zero attached hydrogens (tertiary/aromatic N) is 2. The summed E-state index contributed by atoms with van der Waals surface area (Å²) in [5.74, 6) is 2.98. The highest BCUT2D eigenvalue weighted by Gasteiger charge is 2.26. The lowest BCUT2D eigenvalue weighted by Gasteiger charge is -2.25. The summed E-state index contributed by atoms with van der Waals surface area (Å²) in [4.78, 5) is 0. The molecule has 0 spiro atoms. The van der Waals surface area contributed by atoms with Gasteiger partial charge in [0.05, 0.1) is 0 Å². The molecule has 1 saturated carbocycles. The first kappa shape index (κ1) is 8.41. The zero-order valence-corrected chi connectivity index (χ0v) is 8.20. The van der Waals surface area contributed by atoms with Crippen LogP contribution >= 0.6 is 0 Å². The molecule has 1 aliphatic heterocycles. The van der Waals surface area contributed by atoms with Gasteiger partial charge in [0.25, 0.3) is 0 Å². The minimum absolute atomic E-state index is 0.566. The Morgan fingerprint density at radius 3 is 2.71 bits per heavy atom. The summed E-state index contributed by atoms with van der Waals surface area (Å²) in [6.07, 6.45) is 4.72. The van der Waals surface area contributed by atoms with Crippen LogP contribution in [0.4, 0.5) is 0 Å². The molecule has 76 valence electrons. The summed E-state index contributed by atoms with van der Waals surface area (Å²) in [7, 11) is 0. The van der Waals surface area contributed by atoms with Gasteiger partial charge in [-0.25, -0.2) is 0 Å². The van der Waals surface area contributed by atoms with E-state index in [1.807, 2.05) is 0 Å². The predicted octanol–water partition coefficient (Wildman–Crippen LogP) is 1.10. The Morgan fingerprint density at radius 1 is 1.29 bits per heavy atom. The fraction of sp³-hybridized carbons (Fsp3) is 0.800. The molecular weight excluding hydrogens is 178 g/mol. The Labute approximate surface area is 83.1 Å². The molecule has 0 amide bonds. The van der Waals surface area contributed by atoms with Crippen LogP contribution in [0.3, 0.4) is 0 Å². The van der Waals surface area contributed by atoms with E-state index in [2.05, 4.69) is 15.5 Å². The van der Waals surface area contributed by atoms with Gasteiger partial charge < -0.3 is 9.73 Å². The summed E-state index contributed by atoms with van der Waals surface area (Å²) >= 11 is 0. The number of hydrogen-bond donors (Lipinski definition) is 1. The summed E-state index contributed by atoms with van der Waals surface area (Å²) in [5.41, 5.74) is 0. The van der Waals surface area contributed by atoms with Crippen molar-refractivity contribution in [2.45, 2.75) is 31.6 Å². The highest BCUT2D eigenvalue weighted by atomic mass is 16.4. The SMILES string of the molecule is C1CC(c2nnc(CC3CNC3)o2)C1. The predicted molar refractivity (Wildman–Crippen MR) is 51.0 cm³/mol. The molecule has 0 unspecified atom stereocenters. The van der Waals surface area contributed by atoms with E-state index in [1.54, 1.807) is 0 Å². The van der Waals surface area contributed by atoms with Gasteiger partial charge in [-0.05, 0) is 31.8 Å². The van der Waals surface area contributed by atoms with Crippen LogP contribution < -0.4 is 5.32 Å². The lowest BCUT2D eigenvalue weighted by atomic mass is 9.85. The second-order valence-corrected chi connectivity index (χ2v) is 4.39. The van der Waals surface area contributed by atoms with Gasteiger partial charge in [0.15, 0.2) is 0 Å². The smallest absolute Gasteiger partial charge is 0.219 e. The van der Waals surface area contributed by atoms with E-state index in [-0.39, 0.29) is 0 Å². The first-order valence-electron chi connectivity index (χ1n) is 5.45. The first-order chi connectivity index (χ1) is 6.92. The van der Waals surface area contributed by atoms with E-state index >= 15 is 0 Å². The highest BCUT2D eigenvalue weighted by molar-refractivity contribution is 4.97. The maximum atomic E-state index is 5.64. The van der Waals surface area contributed by atoms with Crippen LogP contribution in [0.1, 0.15) is 37.0 Å². The van der Waals surface area contributed by atoms with Crippen molar-refractivity contribution in [2.24, 2.45) is 5.92 Å². The van der Waals surface area contributed by atoms with Gasteiger partial charge in [-0.2, -0.15) is 0 Å². The monoisotopic (exact) mass is 193 g/mol. The molecule has 1 aromatic heterocycles. The molecule has 0 radical (unpaired) electrons. The molecule has 14 heavy (non-hydrogen) atoms. The van der Waals surface area contributed by atoms with E-state index in [0.717, 1.165) is 31.3 Å². The van der Waals surface area contributed by atoms with E-state index in [1.165, 1.54) is 19.3 Å². The van der Waals surface area contributed by atoms with Crippen LogP contribution in [0.25, 0.3) is 0 Å². The fourth-order valence-electron chi connectivity index (χ4n) is 1.91. The normalized spacial score (nSPS) is 23.1. The third kappa shape index (κ3) is 1.43. The largest absolute Gasteiger partial charge is 0.425 e. The van der Waals surface area contributed by atoms with Crippen LogP contribution in [0.2, 0.25) is 0 Å². The van der Waals surface area contributed by atoms with Crippen molar-refractivity contribution in [3.63, 3.8) is 0 Å². The maximum absolute atomic E-state index is 5.64. The van der Waals surface area contributed by atoms with Crippen LogP contribution in [0.15, 0.2) is 4.42 Å². The molecule has 0 atom stereocenters. The first-order valence-corrected chi connectivity index (χ1v) is 5.45. The molecule has 0 bridgehead atoms. The zero-order valence-electron chi connectivity index (χ0n) is 8.20. The third-order valence-electron chi connectivity index (χ3n) is 3.27. The van der Waals surface area contributed by atoms with Crippen molar-refractivity contribution in [3.05, 3.63) is 11.8 Å². The number of rotatable bonds is 3. The maximum Gasteiger partial charge on any atom is 0.219 e. The van der Waals surface area contributed by atoms with Crippen molar-refractivity contribution in [1.82, 2.24) is 15.5 Å². The van der Waals surface area contributed by atoms with Crippen LogP contribution in [0, 0.1) is 5.92 Å². The Kier molecular flexibility index (Phi) is 2.01. The molecule has 2 fully saturated rings. The average molecular weight is 193 g/mol. The second-order valence-electron chi connectivity index (χ2n) is 4.39. The van der Waals surface area contributed by atoms with Crippen LogP contribution in [-0.2, 0) is 6.42 Å². The Hall–Kier alpha value is -0.900. The summed E-state index contributed by atoms with van der Waals surface area (Å²) in [5, 5.41) is 11.5. The molecule has 1 saturated heterocycles. The topological polar surface area (TPSA) is 51.0 Å². The fourth-order valence-corrected chi connectivity index (χ4v) is 1.91. The van der Waals surface area contributed by atoms with Crippen molar-refractivity contribution >= 4 is 0 Å². The Bertz CT molecular complexity index is 315. The molecule has 3 rings (SSSR count). The van der Waals surface area contributed by atoms with Gasteiger partial charge in [-0.1, -0.05) is 6.42 Å². The molecule has 1 aromatic rings. The Morgan fingerprint density at radius 2 is 2.14 bits per heavy atom. The summed E-state index contributed by atoms with van der Waals surface area (Å²) < 4.78 is 5.64. The molecule has 2 aliphatic rings. The summed E-state index contributed by atoms with van der Waals surface area (Å²) in [6.45, 7) is 2.20. The minimum Gasteiger partial charge on any atom is -0.425 e. The average Bonchev–Trinajstić information content (AvgIpc) is 2.42. The molecule has 4 heteroatoms. The summed E-state index contributed by atoms with van der Waals surface area (Å²) in [6, 6.07) is 0. The number of aromatic nitrogens is 2.